The normalized spacial score (nSPS) is 18.3. The van der Waals surface area contributed by atoms with Gasteiger partial charge >= 0.3 is 0 Å². The minimum absolute atomic E-state index is 0.684. The number of rotatable bonds is 2. The second-order valence-electron chi connectivity index (χ2n) is 5.93. The summed E-state index contributed by atoms with van der Waals surface area (Å²) in [6, 6.07) is 14.1. The van der Waals surface area contributed by atoms with Crippen LogP contribution in [-0.2, 0) is 0 Å². The molecule has 0 atom stereocenters. The minimum Gasteiger partial charge on any atom is -0.490 e. The fourth-order valence-electron chi connectivity index (χ4n) is 2.68. The highest BCUT2D eigenvalue weighted by Crippen LogP contribution is 2.31. The van der Waals surface area contributed by atoms with Crippen molar-refractivity contribution in [1.82, 2.24) is 5.43 Å². The van der Waals surface area contributed by atoms with Gasteiger partial charge in [-0.25, -0.2) is 4.99 Å². The first-order chi connectivity index (χ1) is 12.3. The quantitative estimate of drug-likeness (QED) is 0.890. The molecule has 0 saturated heterocycles. The van der Waals surface area contributed by atoms with E-state index in [1.807, 2.05) is 30.3 Å². The average Bonchev–Trinajstić information content (AvgIpc) is 2.87. The average molecular weight is 353 g/mol. The van der Waals surface area contributed by atoms with Crippen molar-refractivity contribution in [2.24, 2.45) is 10.1 Å². The van der Waals surface area contributed by atoms with Crippen LogP contribution >= 0.6 is 11.8 Å². The van der Waals surface area contributed by atoms with Crippen LogP contribution in [0.2, 0.25) is 0 Å². The molecule has 0 aliphatic carbocycles. The number of aliphatic imine (C=N–C) groups is 1. The van der Waals surface area contributed by atoms with Gasteiger partial charge in [-0.2, -0.15) is 5.10 Å². The van der Waals surface area contributed by atoms with Crippen molar-refractivity contribution >= 4 is 28.3 Å². The first-order valence-corrected chi connectivity index (χ1v) is 9.27. The maximum atomic E-state index is 5.76. The summed E-state index contributed by atoms with van der Waals surface area (Å²) in [4.78, 5) is 4.61. The molecule has 2 aliphatic heterocycles. The zero-order valence-corrected chi connectivity index (χ0v) is 14.8. The Morgan fingerprint density at radius 2 is 1.96 bits per heavy atom. The zero-order valence-electron chi connectivity index (χ0n) is 14.0. The third-order valence-electron chi connectivity index (χ3n) is 3.95. The van der Waals surface area contributed by atoms with Gasteiger partial charge in [-0.3, -0.25) is 5.43 Å². The SMILES string of the molecule is Cc1cccc(N=C2NN=C(c3ccc4c(c3)OCCCO4)CS2)c1. The van der Waals surface area contributed by atoms with Gasteiger partial charge in [0.05, 0.1) is 24.6 Å². The van der Waals surface area contributed by atoms with Crippen LogP contribution in [0.5, 0.6) is 11.5 Å². The van der Waals surface area contributed by atoms with E-state index < -0.39 is 0 Å². The molecular formula is C19H19N3O2S. The molecule has 2 aromatic carbocycles. The third-order valence-corrected chi connectivity index (χ3v) is 4.82. The predicted octanol–water partition coefficient (Wildman–Crippen LogP) is 3.88. The van der Waals surface area contributed by atoms with Gasteiger partial charge in [-0.15, -0.1) is 0 Å². The Hall–Kier alpha value is -2.47. The molecule has 4 rings (SSSR count). The van der Waals surface area contributed by atoms with Gasteiger partial charge in [0.1, 0.15) is 0 Å². The van der Waals surface area contributed by atoms with Crippen molar-refractivity contribution in [3.05, 3.63) is 53.6 Å². The molecule has 0 unspecified atom stereocenters. The van der Waals surface area contributed by atoms with E-state index in [1.54, 1.807) is 11.8 Å². The van der Waals surface area contributed by atoms with Crippen molar-refractivity contribution in [2.45, 2.75) is 13.3 Å². The van der Waals surface area contributed by atoms with Gasteiger partial charge in [-0.05, 0) is 42.8 Å². The number of fused-ring (bicyclic) bond motifs is 1. The molecule has 5 nitrogen and oxygen atoms in total. The largest absolute Gasteiger partial charge is 0.490 e. The van der Waals surface area contributed by atoms with E-state index in [1.165, 1.54) is 5.56 Å². The summed E-state index contributed by atoms with van der Waals surface area (Å²) in [5.74, 6) is 2.36. The Labute approximate surface area is 151 Å². The molecule has 2 aromatic rings. The molecule has 0 amide bonds. The molecule has 0 radical (unpaired) electrons. The van der Waals surface area contributed by atoms with Gasteiger partial charge in [-0.1, -0.05) is 23.9 Å². The lowest BCUT2D eigenvalue weighted by Crippen LogP contribution is -2.25. The Bertz CT molecular complexity index is 848. The molecule has 128 valence electrons. The van der Waals surface area contributed by atoms with E-state index in [-0.39, 0.29) is 0 Å². The van der Waals surface area contributed by atoms with E-state index in [0.29, 0.717) is 13.2 Å². The summed E-state index contributed by atoms with van der Waals surface area (Å²) in [6.07, 6.45) is 0.904. The van der Waals surface area contributed by atoms with Crippen LogP contribution in [0.3, 0.4) is 0 Å². The zero-order chi connectivity index (χ0) is 17.1. The lowest BCUT2D eigenvalue weighted by Gasteiger charge is -2.16. The van der Waals surface area contributed by atoms with Gasteiger partial charge in [0.15, 0.2) is 16.7 Å². The molecule has 0 bridgehead atoms. The number of benzene rings is 2. The van der Waals surface area contributed by atoms with Crippen molar-refractivity contribution in [1.29, 1.82) is 0 Å². The highest BCUT2D eigenvalue weighted by atomic mass is 32.2. The summed E-state index contributed by atoms with van der Waals surface area (Å²) < 4.78 is 11.4. The van der Waals surface area contributed by atoms with E-state index in [2.05, 4.69) is 34.6 Å². The molecule has 0 aromatic heterocycles. The number of nitrogens with one attached hydrogen (secondary N) is 1. The number of thioether (sulfide) groups is 1. The van der Waals surface area contributed by atoms with Crippen LogP contribution in [0.25, 0.3) is 0 Å². The number of amidine groups is 1. The van der Waals surface area contributed by atoms with Crippen molar-refractivity contribution in [3.63, 3.8) is 0 Å². The molecule has 0 fully saturated rings. The molecule has 6 heteroatoms. The molecular weight excluding hydrogens is 334 g/mol. The fourth-order valence-corrected chi connectivity index (χ4v) is 3.46. The molecule has 2 heterocycles. The maximum absolute atomic E-state index is 5.76. The minimum atomic E-state index is 0.684. The number of ether oxygens (including phenoxy) is 2. The molecule has 1 N–H and O–H groups in total. The lowest BCUT2D eigenvalue weighted by atomic mass is 10.1. The predicted molar refractivity (Wildman–Crippen MR) is 102 cm³/mol. The van der Waals surface area contributed by atoms with E-state index in [0.717, 1.165) is 45.8 Å². The standard InChI is InChI=1S/C19H19N3O2S/c1-13-4-2-5-15(10-13)20-19-22-21-16(12-25-19)14-6-7-17-18(11-14)24-9-3-8-23-17/h2,4-7,10-11H,3,8-9,12H2,1H3,(H,20,22). The van der Waals surface area contributed by atoms with Gasteiger partial charge < -0.3 is 9.47 Å². The Balaban J connectivity index is 1.52. The van der Waals surface area contributed by atoms with Gasteiger partial charge in [0.2, 0.25) is 0 Å². The monoisotopic (exact) mass is 353 g/mol. The van der Waals surface area contributed by atoms with E-state index in [9.17, 15) is 0 Å². The first-order valence-electron chi connectivity index (χ1n) is 8.29. The maximum Gasteiger partial charge on any atom is 0.182 e. The summed E-state index contributed by atoms with van der Waals surface area (Å²) >= 11 is 1.64. The number of hydrazone groups is 1. The van der Waals surface area contributed by atoms with Crippen LogP contribution in [0.15, 0.2) is 52.6 Å². The number of hydrogen-bond donors (Lipinski definition) is 1. The Kier molecular flexibility index (Phi) is 4.61. The Morgan fingerprint density at radius 1 is 1.08 bits per heavy atom. The number of hydrogen-bond acceptors (Lipinski definition) is 5. The van der Waals surface area contributed by atoms with Gasteiger partial charge in [0.25, 0.3) is 0 Å². The summed E-state index contributed by atoms with van der Waals surface area (Å²) in [6.45, 7) is 3.44. The van der Waals surface area contributed by atoms with Crippen LogP contribution in [0.1, 0.15) is 17.5 Å². The highest BCUT2D eigenvalue weighted by molar-refractivity contribution is 8.14. The molecule has 25 heavy (non-hydrogen) atoms. The highest BCUT2D eigenvalue weighted by Gasteiger charge is 2.17. The van der Waals surface area contributed by atoms with Crippen LogP contribution in [0, 0.1) is 6.92 Å². The summed E-state index contributed by atoms with van der Waals surface area (Å²) in [5.41, 5.74) is 7.20. The smallest absolute Gasteiger partial charge is 0.182 e. The topological polar surface area (TPSA) is 55.2 Å². The second kappa shape index (κ2) is 7.19. The first kappa shape index (κ1) is 16.0. The second-order valence-corrected chi connectivity index (χ2v) is 6.89. The molecule has 0 spiro atoms. The molecule has 2 aliphatic rings. The summed E-state index contributed by atoms with van der Waals surface area (Å²) in [5, 5.41) is 5.30. The number of nitrogens with zero attached hydrogens (tertiary/aromatic N) is 2. The van der Waals surface area contributed by atoms with Crippen LogP contribution < -0.4 is 14.9 Å². The van der Waals surface area contributed by atoms with Crippen molar-refractivity contribution < 1.29 is 9.47 Å². The Morgan fingerprint density at radius 3 is 2.76 bits per heavy atom. The lowest BCUT2D eigenvalue weighted by molar-refractivity contribution is 0.297. The fraction of sp³-hybridized carbons (Fsp3) is 0.263. The van der Waals surface area contributed by atoms with Crippen molar-refractivity contribution in [2.75, 3.05) is 19.0 Å². The van der Waals surface area contributed by atoms with Gasteiger partial charge in [0, 0.05) is 17.7 Å². The summed E-state index contributed by atoms with van der Waals surface area (Å²) in [7, 11) is 0. The van der Waals surface area contributed by atoms with Crippen LogP contribution in [-0.4, -0.2) is 29.8 Å². The third kappa shape index (κ3) is 3.79. The molecule has 0 saturated carbocycles. The van der Waals surface area contributed by atoms with Crippen molar-refractivity contribution in [3.8, 4) is 11.5 Å². The van der Waals surface area contributed by atoms with E-state index >= 15 is 0 Å². The number of aryl methyl sites for hydroxylation is 1. The van der Waals surface area contributed by atoms with Crippen LogP contribution in [0.4, 0.5) is 5.69 Å². The van der Waals surface area contributed by atoms with E-state index in [4.69, 9.17) is 9.47 Å².